The summed E-state index contributed by atoms with van der Waals surface area (Å²) >= 11 is 0. The van der Waals surface area contributed by atoms with E-state index < -0.39 is 0 Å². The van der Waals surface area contributed by atoms with Crippen molar-refractivity contribution in [2.24, 2.45) is 0 Å². The predicted octanol–water partition coefficient (Wildman–Crippen LogP) is 34.2. The molecule has 0 saturated heterocycles. The van der Waals surface area contributed by atoms with Gasteiger partial charge < -0.3 is 0 Å². The summed E-state index contributed by atoms with van der Waals surface area (Å²) in [5.41, 5.74) is 0. The van der Waals surface area contributed by atoms with Gasteiger partial charge in [0, 0.05) is 0 Å². The lowest BCUT2D eigenvalue weighted by atomic mass is 10.4. The summed E-state index contributed by atoms with van der Waals surface area (Å²) in [4.78, 5) is 0. The Labute approximate surface area is 442 Å². The normalized spacial score (nSPS) is 3.05. The molecule has 0 radical (unpaired) electrons. The Morgan fingerprint density at radius 2 is 0.111 bits per heavy atom. The second kappa shape index (κ2) is 3600. The molecule has 0 aliphatic carbocycles. The van der Waals surface area contributed by atoms with Crippen LogP contribution in [0.3, 0.4) is 0 Å². The van der Waals surface area contributed by atoms with E-state index in [-0.39, 0.29) is 171 Å². The molecule has 0 heterocycles. The lowest BCUT2D eigenvalue weighted by Crippen LogP contribution is -1.47. The van der Waals surface area contributed by atoms with E-state index >= 15 is 0 Å². The van der Waals surface area contributed by atoms with Crippen LogP contribution in [0.15, 0.2) is 0 Å². The van der Waals surface area contributed by atoms with Crippen molar-refractivity contribution in [3.63, 3.8) is 0 Å². The van der Waals surface area contributed by atoms with Crippen LogP contribution >= 0.6 is 0 Å². The lowest BCUT2D eigenvalue weighted by Gasteiger charge is -1.68. The second-order valence-corrected chi connectivity index (χ2v) is 4.00. The molecule has 0 aromatic carbocycles. The third kappa shape index (κ3) is 14000. The van der Waals surface area contributed by atoms with Crippen LogP contribution in [0.25, 0.3) is 0 Å². The smallest absolute Gasteiger partial charge is 0.0564 e. The highest BCUT2D eigenvalue weighted by Crippen LogP contribution is 1.78. The Morgan fingerprint density at radius 1 is 0.0952 bits per heavy atom. The van der Waals surface area contributed by atoms with Gasteiger partial charge in [0.2, 0.25) is 0 Å². The van der Waals surface area contributed by atoms with Gasteiger partial charge in [0.25, 0.3) is 0 Å². The van der Waals surface area contributed by atoms with Gasteiger partial charge in [-0.25, -0.2) is 0 Å². The first-order valence-corrected chi connectivity index (χ1v) is 19.7. The molecule has 0 heteroatoms. The molecule has 0 unspecified atom stereocenters. The van der Waals surface area contributed by atoms with E-state index in [4.69, 9.17) is 0 Å². The minimum Gasteiger partial charge on any atom is -0.0776 e. The maximum absolute atomic E-state index is 2.18. The van der Waals surface area contributed by atoms with Crippen LogP contribution in [0.5, 0.6) is 0 Å². The molecule has 0 fully saturated rings. The first-order chi connectivity index (χ1) is 19.7. The predicted molar refractivity (Wildman–Crippen MR) is 373 cm³/mol. The maximum Gasteiger partial charge on any atom is -0.0564 e. The Balaban J connectivity index is -0.00000000260. The molecule has 0 aliphatic heterocycles. The fourth-order valence-corrected chi connectivity index (χ4v) is 0. The van der Waals surface area contributed by atoms with Gasteiger partial charge in [0.1, 0.15) is 0 Å². The summed E-state index contributed by atoms with van der Waals surface area (Å²) in [6, 6.07) is 0. The molecule has 63 heavy (non-hydrogen) atoms. The van der Waals surface area contributed by atoms with E-state index in [2.05, 4.69) is 55.4 Å². The Kier molecular flexibility index (Phi) is 24100. The SMILES string of the molecule is C.C.C.C.C.C.C.C.C.C.C.C.C.C.C.C.C.C.C.C.C.C.C.CC.CC.CC.CC.CC.CC.CC.CC.CC.CC.CC.CC.CCCC.CCCC.CCCC.CCCC. The number of rotatable bonds is 4. The van der Waals surface area contributed by atoms with Gasteiger partial charge in [-0.1, -0.05) is 444 Å². The van der Waals surface area contributed by atoms with Crippen LogP contribution in [0, 0.1) is 0 Å². The molecule has 0 saturated carbocycles. The first kappa shape index (κ1) is 420. The highest BCUT2D eigenvalue weighted by Gasteiger charge is 1.57. The quantitative estimate of drug-likeness (QED) is 0.263. The fraction of sp³-hybridized carbons (Fsp3) is 1.00. The van der Waals surface area contributed by atoms with Gasteiger partial charge in [-0.3, -0.25) is 0 Å². The zero-order valence-corrected chi connectivity index (χ0v) is 37.7. The first-order valence-electron chi connectivity index (χ1n) is 19.7. The van der Waals surface area contributed by atoms with E-state index in [9.17, 15) is 0 Å². The van der Waals surface area contributed by atoms with Crippen LogP contribution in [0.4, 0.5) is 0 Å². The molecule has 0 N–H and O–H groups in total. The molecule has 0 bridgehead atoms. The fourth-order valence-electron chi connectivity index (χ4n) is 0. The molecule has 0 amide bonds. The summed E-state index contributed by atoms with van der Waals surface area (Å²) in [7, 11) is 0. The maximum atomic E-state index is 2.18. The summed E-state index contributed by atoms with van der Waals surface area (Å²) < 4.78 is 0. The average Bonchev–Trinajstić information content (AvgIpc) is 3.15. The topological polar surface area (TPSA) is 0 Å². The highest BCUT2D eigenvalue weighted by atomic mass is 13.6. The average molecular weight is 962 g/mol. The Hall–Kier alpha value is 0. The van der Waals surface area contributed by atoms with Crippen molar-refractivity contribution in [1.82, 2.24) is 0 Å². The van der Waals surface area contributed by atoms with Gasteiger partial charge in [-0.05, 0) is 0 Å². The third-order valence-corrected chi connectivity index (χ3v) is 2.00. The van der Waals surface area contributed by atoms with E-state index in [0.29, 0.717) is 0 Å². The van der Waals surface area contributed by atoms with Gasteiger partial charge >= 0.3 is 0 Å². The molecule has 456 valence electrons. The van der Waals surface area contributed by atoms with Gasteiger partial charge in [-0.2, -0.15) is 0 Å². The van der Waals surface area contributed by atoms with Crippen molar-refractivity contribution in [2.75, 3.05) is 0 Å². The van der Waals surface area contributed by atoms with Crippen LogP contribution in [-0.2, 0) is 0 Å². The van der Waals surface area contributed by atoms with E-state index in [0.717, 1.165) is 0 Å². The van der Waals surface area contributed by atoms with Gasteiger partial charge in [-0.15, -0.1) is 0 Å². The van der Waals surface area contributed by atoms with E-state index in [1.165, 1.54) is 51.4 Å². The van der Waals surface area contributed by atoms with Crippen molar-refractivity contribution >= 4 is 0 Å². The molecule has 0 aliphatic rings. The molecular formula is C63H204. The zero-order valence-electron chi connectivity index (χ0n) is 37.7. The minimum atomic E-state index is 0. The summed E-state index contributed by atoms with van der Waals surface area (Å²) in [6.45, 7) is 65.4. The molecule has 0 aromatic heterocycles. The largest absolute Gasteiger partial charge is 0.0776 e. The molecule has 0 rings (SSSR count). The molecule has 0 spiro atoms. The van der Waals surface area contributed by atoms with E-state index in [1.807, 2.05) is 166 Å². The summed E-state index contributed by atoms with van der Waals surface area (Å²) in [6.07, 6.45) is 10.6. The van der Waals surface area contributed by atoms with Gasteiger partial charge in [0.05, 0.1) is 0 Å². The minimum absolute atomic E-state index is 0. The monoisotopic (exact) mass is 962 g/mol. The Morgan fingerprint density at radius 3 is 0.111 bits per heavy atom. The molecule has 0 atom stereocenters. The van der Waals surface area contributed by atoms with Crippen molar-refractivity contribution < 1.29 is 0 Å². The van der Waals surface area contributed by atoms with Crippen molar-refractivity contribution in [3.05, 3.63) is 0 Å². The Bertz CT molecular complexity index is 24.0. The second-order valence-electron chi connectivity index (χ2n) is 4.00. The molecule has 0 aromatic rings. The standard InChI is InChI=1S/4C4H10.12C2H6.23CH4/c4*1-3-4-2;12*1-2;;;;;;;;;;;;;;;;;;;;;;;/h4*3-4H2,1-2H3;12*1-2H3;23*1H4. The van der Waals surface area contributed by atoms with Crippen LogP contribution in [-0.4, -0.2) is 0 Å². The van der Waals surface area contributed by atoms with Crippen molar-refractivity contribution in [3.8, 4) is 0 Å². The van der Waals surface area contributed by atoms with E-state index in [1.54, 1.807) is 0 Å². The number of hydrogen-bond donors (Lipinski definition) is 0. The van der Waals surface area contributed by atoms with Crippen LogP contribution in [0.2, 0.25) is 0 Å². The molecule has 0 nitrogen and oxygen atoms in total. The van der Waals surface area contributed by atoms with Gasteiger partial charge in [0.15, 0.2) is 0 Å². The highest BCUT2D eigenvalue weighted by molar-refractivity contribution is 4.13. The summed E-state index contributed by atoms with van der Waals surface area (Å²) in [5, 5.41) is 0. The molecular weight excluding hydrogens is 757 g/mol. The van der Waals surface area contributed by atoms with Crippen molar-refractivity contribution in [2.45, 2.75) is 444 Å². The zero-order chi connectivity index (χ0) is 37.7. The third-order valence-electron chi connectivity index (χ3n) is 2.00. The summed E-state index contributed by atoms with van der Waals surface area (Å²) in [5.74, 6) is 0. The van der Waals surface area contributed by atoms with Crippen LogP contribution in [0.1, 0.15) is 444 Å². The lowest BCUT2D eigenvalue weighted by molar-refractivity contribution is 0.886. The van der Waals surface area contributed by atoms with Crippen LogP contribution < -0.4 is 0 Å². The van der Waals surface area contributed by atoms with Crippen molar-refractivity contribution in [1.29, 1.82) is 0 Å². The number of unbranched alkanes of at least 4 members (excludes halogenated alkanes) is 4. The number of hydrogen-bond acceptors (Lipinski definition) is 0.